The molecule has 1 heterocycles. The molecule has 0 saturated heterocycles. The molecule has 4 aromatic carbocycles. The molecule has 1 aliphatic heterocycles. The summed E-state index contributed by atoms with van der Waals surface area (Å²) in [7, 11) is 0. The first-order chi connectivity index (χ1) is 23.1. The number of aliphatic hydroxyl groups is 1. The summed E-state index contributed by atoms with van der Waals surface area (Å²) >= 11 is 3.45. The molecular formula is C34H30BrF3N6O4. The van der Waals surface area contributed by atoms with Gasteiger partial charge in [0.15, 0.2) is 11.6 Å². The van der Waals surface area contributed by atoms with Crippen LogP contribution in [0.3, 0.4) is 0 Å². The number of amides is 1. The van der Waals surface area contributed by atoms with Crippen LogP contribution in [0.25, 0.3) is 10.4 Å². The molecule has 14 heteroatoms. The summed E-state index contributed by atoms with van der Waals surface area (Å²) in [6.45, 7) is 0.367. The van der Waals surface area contributed by atoms with Crippen LogP contribution < -0.4 is 15.6 Å². The van der Waals surface area contributed by atoms with E-state index in [0.717, 1.165) is 16.6 Å². The number of hydrazine groups is 1. The SMILES string of the molecule is [N-]=[N+]=Nc1ccccc1C[C@]1(C(=O)NNCc2ccc(C(F)(F)F)cc2)N=C(c2ccc(OCCCO)cc2)O[C@H]1c1ccc(Br)cc1. The van der Waals surface area contributed by atoms with Gasteiger partial charge in [-0.05, 0) is 70.8 Å². The van der Waals surface area contributed by atoms with Crippen molar-refractivity contribution in [1.29, 1.82) is 0 Å². The molecule has 10 nitrogen and oxygen atoms in total. The number of nitrogens with zero attached hydrogens (tertiary/aromatic N) is 4. The molecule has 0 radical (unpaired) electrons. The number of azide groups is 1. The predicted octanol–water partition coefficient (Wildman–Crippen LogP) is 7.49. The normalized spacial score (nSPS) is 17.2. The Morgan fingerprint density at radius 2 is 1.75 bits per heavy atom. The minimum Gasteiger partial charge on any atom is -0.494 e. The number of benzene rings is 4. The van der Waals surface area contributed by atoms with Crippen molar-refractivity contribution in [2.24, 2.45) is 10.1 Å². The smallest absolute Gasteiger partial charge is 0.416 e. The van der Waals surface area contributed by atoms with E-state index in [1.165, 1.54) is 12.1 Å². The van der Waals surface area contributed by atoms with Gasteiger partial charge in [-0.1, -0.05) is 69.6 Å². The number of hydrogen-bond acceptors (Lipinski definition) is 7. The van der Waals surface area contributed by atoms with Crippen LogP contribution in [0, 0.1) is 0 Å². The highest BCUT2D eigenvalue weighted by Crippen LogP contribution is 2.44. The van der Waals surface area contributed by atoms with Crippen molar-refractivity contribution >= 4 is 33.4 Å². The maximum Gasteiger partial charge on any atom is 0.416 e. The summed E-state index contributed by atoms with van der Waals surface area (Å²) in [5.41, 5.74) is 14.9. The third-order valence-electron chi connectivity index (χ3n) is 7.58. The van der Waals surface area contributed by atoms with E-state index in [1.807, 2.05) is 24.3 Å². The Morgan fingerprint density at radius 3 is 2.42 bits per heavy atom. The van der Waals surface area contributed by atoms with Gasteiger partial charge in [-0.25, -0.2) is 10.4 Å². The molecule has 1 aliphatic rings. The monoisotopic (exact) mass is 722 g/mol. The lowest BCUT2D eigenvalue weighted by molar-refractivity contribution is -0.137. The molecule has 1 amide bonds. The fraction of sp³-hybridized carbons (Fsp3) is 0.235. The van der Waals surface area contributed by atoms with Gasteiger partial charge in [0.2, 0.25) is 5.90 Å². The molecule has 0 fully saturated rings. The van der Waals surface area contributed by atoms with Crippen LogP contribution in [0.1, 0.15) is 40.3 Å². The fourth-order valence-electron chi connectivity index (χ4n) is 5.16. The van der Waals surface area contributed by atoms with Crippen molar-refractivity contribution in [2.45, 2.75) is 37.2 Å². The zero-order chi connectivity index (χ0) is 34.1. The number of halogens is 4. The summed E-state index contributed by atoms with van der Waals surface area (Å²) in [6.07, 6.45) is -4.98. The fourth-order valence-corrected chi connectivity index (χ4v) is 5.43. The molecule has 248 valence electrons. The van der Waals surface area contributed by atoms with Crippen LogP contribution >= 0.6 is 15.9 Å². The Labute approximate surface area is 282 Å². The number of ether oxygens (including phenoxy) is 2. The van der Waals surface area contributed by atoms with E-state index in [0.29, 0.717) is 46.7 Å². The lowest BCUT2D eigenvalue weighted by atomic mass is 9.81. The number of aliphatic imine (C=N–C) groups is 1. The Balaban J connectivity index is 1.52. The largest absolute Gasteiger partial charge is 0.494 e. The third kappa shape index (κ3) is 8.15. The quantitative estimate of drug-likeness (QED) is 0.0431. The molecule has 0 aromatic heterocycles. The first-order valence-corrected chi connectivity index (χ1v) is 15.6. The molecule has 0 unspecified atom stereocenters. The van der Waals surface area contributed by atoms with Crippen LogP contribution in [0.2, 0.25) is 0 Å². The van der Waals surface area contributed by atoms with E-state index in [1.54, 1.807) is 48.5 Å². The number of hydrogen-bond donors (Lipinski definition) is 3. The van der Waals surface area contributed by atoms with Gasteiger partial charge in [0.25, 0.3) is 5.91 Å². The van der Waals surface area contributed by atoms with Gasteiger partial charge in [0.1, 0.15) is 5.75 Å². The highest BCUT2D eigenvalue weighted by molar-refractivity contribution is 9.10. The number of alkyl halides is 3. The molecule has 48 heavy (non-hydrogen) atoms. The van der Waals surface area contributed by atoms with Crippen molar-refractivity contribution in [2.75, 3.05) is 13.2 Å². The molecule has 0 spiro atoms. The summed E-state index contributed by atoms with van der Waals surface area (Å²) < 4.78 is 52.1. The standard InChI is InChI=1S/C34H30BrF3N6O4/c35-27-14-8-23(9-15-27)30-33(20-25-4-1-2-5-29(25)42-44-39,32(46)43-40-21-22-6-12-26(13-7-22)34(36,37)38)41-31(48-30)24-10-16-28(17-11-24)47-19-3-18-45/h1-2,4-17,30,40,45H,3,18-21H2,(H,43,46)/t30-,33-/m0/s1. The second-order valence-corrected chi connectivity index (χ2v) is 11.8. The first kappa shape index (κ1) is 34.5. The molecular weight excluding hydrogens is 693 g/mol. The number of rotatable bonds is 13. The minimum atomic E-state index is -4.47. The molecule has 3 N–H and O–H groups in total. The molecule has 0 bridgehead atoms. The summed E-state index contributed by atoms with van der Waals surface area (Å²) in [4.78, 5) is 22.3. The molecule has 2 atom stereocenters. The maximum atomic E-state index is 14.4. The van der Waals surface area contributed by atoms with Crippen molar-refractivity contribution in [3.8, 4) is 5.75 Å². The van der Waals surface area contributed by atoms with Crippen molar-refractivity contribution in [3.63, 3.8) is 0 Å². The van der Waals surface area contributed by atoms with Crippen LogP contribution in [-0.2, 0) is 28.7 Å². The topological polar surface area (TPSA) is 141 Å². The Morgan fingerprint density at radius 1 is 1.04 bits per heavy atom. The maximum absolute atomic E-state index is 14.4. The van der Waals surface area contributed by atoms with Crippen LogP contribution in [-0.4, -0.2) is 35.7 Å². The Kier molecular flexibility index (Phi) is 11.0. The van der Waals surface area contributed by atoms with E-state index >= 15 is 0 Å². The zero-order valence-corrected chi connectivity index (χ0v) is 26.9. The number of nitrogens with one attached hydrogen (secondary N) is 2. The molecule has 4 aromatic rings. The lowest BCUT2D eigenvalue weighted by Crippen LogP contribution is -2.53. The average molecular weight is 724 g/mol. The van der Waals surface area contributed by atoms with E-state index in [4.69, 9.17) is 19.6 Å². The van der Waals surface area contributed by atoms with E-state index in [9.17, 15) is 23.5 Å². The third-order valence-corrected chi connectivity index (χ3v) is 8.11. The minimum absolute atomic E-state index is 0.00627. The average Bonchev–Trinajstić information content (AvgIpc) is 3.47. The molecule has 0 aliphatic carbocycles. The second kappa shape index (κ2) is 15.3. The zero-order valence-electron chi connectivity index (χ0n) is 25.3. The van der Waals surface area contributed by atoms with Gasteiger partial charge >= 0.3 is 6.18 Å². The summed E-state index contributed by atoms with van der Waals surface area (Å²) in [6, 6.07) is 25.6. The van der Waals surface area contributed by atoms with E-state index < -0.39 is 29.3 Å². The van der Waals surface area contributed by atoms with Gasteiger partial charge in [-0.15, -0.1) is 0 Å². The highest BCUT2D eigenvalue weighted by atomic mass is 79.9. The van der Waals surface area contributed by atoms with Gasteiger partial charge in [0, 0.05) is 46.6 Å². The van der Waals surface area contributed by atoms with Gasteiger partial charge in [-0.3, -0.25) is 10.2 Å². The molecule has 0 saturated carbocycles. The molecule has 5 rings (SSSR count). The van der Waals surface area contributed by atoms with Gasteiger partial charge in [-0.2, -0.15) is 13.2 Å². The lowest BCUT2D eigenvalue weighted by Gasteiger charge is -2.31. The number of carbonyl (C=O) groups is 1. The second-order valence-electron chi connectivity index (χ2n) is 10.8. The van der Waals surface area contributed by atoms with E-state index in [2.05, 4.69) is 36.8 Å². The van der Waals surface area contributed by atoms with Crippen LogP contribution in [0.15, 0.2) is 112 Å². The first-order valence-electron chi connectivity index (χ1n) is 14.8. The number of aliphatic hydroxyl groups excluding tert-OH is 1. The van der Waals surface area contributed by atoms with Crippen molar-refractivity contribution < 1.29 is 32.5 Å². The van der Waals surface area contributed by atoms with Crippen LogP contribution in [0.5, 0.6) is 5.75 Å². The highest BCUT2D eigenvalue weighted by Gasteiger charge is 2.53. The van der Waals surface area contributed by atoms with E-state index in [-0.39, 0.29) is 25.5 Å². The summed E-state index contributed by atoms with van der Waals surface area (Å²) in [5, 5.41) is 12.9. The summed E-state index contributed by atoms with van der Waals surface area (Å²) in [5.74, 6) is 0.177. The van der Waals surface area contributed by atoms with Crippen molar-refractivity contribution in [1.82, 2.24) is 10.9 Å². The Hall–Kier alpha value is -4.88. The number of carbonyl (C=O) groups excluding carboxylic acids is 1. The predicted molar refractivity (Wildman–Crippen MR) is 176 cm³/mol. The Bertz CT molecular complexity index is 1800. The van der Waals surface area contributed by atoms with Gasteiger partial charge < -0.3 is 14.6 Å². The van der Waals surface area contributed by atoms with Gasteiger partial charge in [0.05, 0.1) is 12.2 Å². The van der Waals surface area contributed by atoms with Crippen LogP contribution in [0.4, 0.5) is 18.9 Å². The van der Waals surface area contributed by atoms with Crippen molar-refractivity contribution in [3.05, 3.63) is 140 Å².